The molecule has 22 heavy (non-hydrogen) atoms. The normalized spacial score (nSPS) is 11.0. The summed E-state index contributed by atoms with van der Waals surface area (Å²) in [5.41, 5.74) is 2.24. The zero-order valence-corrected chi connectivity index (χ0v) is 14.2. The van der Waals surface area contributed by atoms with Crippen molar-refractivity contribution in [3.05, 3.63) is 47.7 Å². The number of benzene rings is 1. The molecule has 0 saturated carbocycles. The smallest absolute Gasteiger partial charge is 0.228 e. The van der Waals surface area contributed by atoms with Crippen molar-refractivity contribution >= 4 is 11.8 Å². The van der Waals surface area contributed by atoms with Gasteiger partial charge in [0, 0.05) is 30.4 Å². The van der Waals surface area contributed by atoms with Crippen LogP contribution in [-0.4, -0.2) is 22.1 Å². The van der Waals surface area contributed by atoms with Crippen molar-refractivity contribution in [1.29, 1.82) is 0 Å². The molecule has 0 aliphatic rings. The average molecular weight is 298 g/mol. The van der Waals surface area contributed by atoms with Crippen LogP contribution in [0, 0.1) is 6.92 Å². The molecule has 0 aliphatic heterocycles. The second kappa shape index (κ2) is 7.25. The number of hydrogen-bond acceptors (Lipinski definition) is 4. The van der Waals surface area contributed by atoms with Gasteiger partial charge in [-0.25, -0.2) is 4.98 Å². The lowest BCUT2D eigenvalue weighted by Crippen LogP contribution is -2.32. The van der Waals surface area contributed by atoms with E-state index >= 15 is 0 Å². The second-order valence-electron chi connectivity index (χ2n) is 6.20. The highest BCUT2D eigenvalue weighted by atomic mass is 15.3. The number of nitrogens with one attached hydrogen (secondary N) is 1. The molecule has 118 valence electrons. The Morgan fingerprint density at radius 2 is 1.73 bits per heavy atom. The number of aryl methyl sites for hydroxylation is 1. The number of hydrogen-bond donors (Lipinski definition) is 1. The van der Waals surface area contributed by atoms with Gasteiger partial charge in [-0.05, 0) is 40.2 Å². The number of aromatic nitrogens is 2. The molecule has 1 heterocycles. The van der Waals surface area contributed by atoms with Gasteiger partial charge >= 0.3 is 0 Å². The van der Waals surface area contributed by atoms with Crippen molar-refractivity contribution in [1.82, 2.24) is 9.97 Å². The highest BCUT2D eigenvalue weighted by Crippen LogP contribution is 2.19. The summed E-state index contributed by atoms with van der Waals surface area (Å²) in [4.78, 5) is 11.6. The first kappa shape index (κ1) is 16.3. The van der Waals surface area contributed by atoms with E-state index in [-0.39, 0.29) is 0 Å². The van der Waals surface area contributed by atoms with Gasteiger partial charge in [0.15, 0.2) is 0 Å². The first-order valence-electron chi connectivity index (χ1n) is 7.88. The molecule has 0 saturated heterocycles. The van der Waals surface area contributed by atoms with Crippen LogP contribution >= 0.6 is 0 Å². The fraction of sp³-hybridized carbons (Fsp3) is 0.444. The summed E-state index contributed by atoms with van der Waals surface area (Å²) in [6.07, 6.45) is 0. The highest BCUT2D eigenvalue weighted by Gasteiger charge is 2.15. The fourth-order valence-corrected chi connectivity index (χ4v) is 2.32. The highest BCUT2D eigenvalue weighted by molar-refractivity contribution is 5.45. The topological polar surface area (TPSA) is 41.1 Å². The van der Waals surface area contributed by atoms with Gasteiger partial charge in [0.1, 0.15) is 5.82 Å². The fourth-order valence-electron chi connectivity index (χ4n) is 2.32. The lowest BCUT2D eigenvalue weighted by atomic mass is 10.2. The van der Waals surface area contributed by atoms with Gasteiger partial charge in [-0.15, -0.1) is 0 Å². The van der Waals surface area contributed by atoms with Crippen LogP contribution in [-0.2, 0) is 6.54 Å². The van der Waals surface area contributed by atoms with Crippen molar-refractivity contribution in [3.8, 4) is 0 Å². The van der Waals surface area contributed by atoms with E-state index in [2.05, 4.69) is 67.2 Å². The van der Waals surface area contributed by atoms with Gasteiger partial charge in [-0.2, -0.15) is 4.98 Å². The predicted octanol–water partition coefficient (Wildman–Crippen LogP) is 4.02. The van der Waals surface area contributed by atoms with E-state index in [1.165, 1.54) is 5.56 Å². The van der Waals surface area contributed by atoms with Crippen LogP contribution in [0.3, 0.4) is 0 Å². The summed E-state index contributed by atoms with van der Waals surface area (Å²) >= 11 is 0. The first-order chi connectivity index (χ1) is 10.5. The van der Waals surface area contributed by atoms with Gasteiger partial charge in [0.25, 0.3) is 0 Å². The first-order valence-corrected chi connectivity index (χ1v) is 7.88. The number of rotatable bonds is 6. The maximum atomic E-state index is 4.70. The van der Waals surface area contributed by atoms with Crippen LogP contribution in [0.2, 0.25) is 0 Å². The van der Waals surface area contributed by atoms with Crippen LogP contribution < -0.4 is 10.2 Å². The molecule has 4 heteroatoms. The van der Waals surface area contributed by atoms with Crippen LogP contribution in [0.15, 0.2) is 36.4 Å². The minimum Gasteiger partial charge on any atom is -0.368 e. The second-order valence-corrected chi connectivity index (χ2v) is 6.20. The molecule has 1 N–H and O–H groups in total. The molecule has 0 radical (unpaired) electrons. The molecule has 1 aromatic carbocycles. The number of anilines is 2. The van der Waals surface area contributed by atoms with Crippen LogP contribution in [0.1, 0.15) is 39.0 Å². The third-order valence-corrected chi connectivity index (χ3v) is 3.35. The molecule has 0 atom stereocenters. The minimum absolute atomic E-state index is 0.328. The molecule has 0 bridgehead atoms. The molecule has 2 aromatic rings. The SMILES string of the molecule is Cc1cc(NC(C)C)nc(N(Cc2ccccc2)C(C)C)n1. The van der Waals surface area contributed by atoms with E-state index in [0.29, 0.717) is 12.1 Å². The molecule has 0 unspecified atom stereocenters. The van der Waals surface area contributed by atoms with E-state index in [1.807, 2.05) is 19.1 Å². The lowest BCUT2D eigenvalue weighted by Gasteiger charge is -2.27. The Morgan fingerprint density at radius 1 is 1.05 bits per heavy atom. The van der Waals surface area contributed by atoms with Gasteiger partial charge in [-0.3, -0.25) is 0 Å². The molecular formula is C18H26N4. The quantitative estimate of drug-likeness (QED) is 0.874. The van der Waals surface area contributed by atoms with E-state index in [9.17, 15) is 0 Å². The van der Waals surface area contributed by atoms with E-state index < -0.39 is 0 Å². The lowest BCUT2D eigenvalue weighted by molar-refractivity contribution is 0.659. The van der Waals surface area contributed by atoms with Gasteiger partial charge < -0.3 is 10.2 Å². The van der Waals surface area contributed by atoms with Gasteiger partial charge in [0.2, 0.25) is 5.95 Å². The standard InChI is InChI=1S/C18H26N4/c1-13(2)19-17-11-15(5)20-18(21-17)22(14(3)4)12-16-9-7-6-8-10-16/h6-11,13-14H,12H2,1-5H3,(H,19,20,21). The van der Waals surface area contributed by atoms with Crippen molar-refractivity contribution < 1.29 is 0 Å². The summed E-state index contributed by atoms with van der Waals surface area (Å²) in [6.45, 7) is 11.4. The van der Waals surface area contributed by atoms with E-state index in [1.54, 1.807) is 0 Å². The van der Waals surface area contributed by atoms with Crippen molar-refractivity contribution in [2.24, 2.45) is 0 Å². The zero-order chi connectivity index (χ0) is 16.1. The molecule has 2 rings (SSSR count). The van der Waals surface area contributed by atoms with Gasteiger partial charge in [-0.1, -0.05) is 30.3 Å². The van der Waals surface area contributed by atoms with Crippen molar-refractivity contribution in [2.45, 2.75) is 53.2 Å². The van der Waals surface area contributed by atoms with Crippen LogP contribution in [0.5, 0.6) is 0 Å². The Bertz CT molecular complexity index is 593. The summed E-state index contributed by atoms with van der Waals surface area (Å²) < 4.78 is 0. The summed E-state index contributed by atoms with van der Waals surface area (Å²) in [7, 11) is 0. The molecule has 0 spiro atoms. The maximum absolute atomic E-state index is 4.70. The van der Waals surface area contributed by atoms with Crippen molar-refractivity contribution in [2.75, 3.05) is 10.2 Å². The molecule has 1 aromatic heterocycles. The van der Waals surface area contributed by atoms with E-state index in [4.69, 9.17) is 4.98 Å². The summed E-state index contributed by atoms with van der Waals surface area (Å²) in [6, 6.07) is 13.1. The number of nitrogens with zero attached hydrogens (tertiary/aromatic N) is 3. The average Bonchev–Trinajstić information content (AvgIpc) is 2.44. The Hall–Kier alpha value is -2.10. The van der Waals surface area contributed by atoms with Gasteiger partial charge in [0.05, 0.1) is 0 Å². The van der Waals surface area contributed by atoms with Crippen molar-refractivity contribution in [3.63, 3.8) is 0 Å². The monoisotopic (exact) mass is 298 g/mol. The third-order valence-electron chi connectivity index (χ3n) is 3.35. The largest absolute Gasteiger partial charge is 0.368 e. The molecule has 4 nitrogen and oxygen atoms in total. The molecular weight excluding hydrogens is 272 g/mol. The summed E-state index contributed by atoms with van der Waals surface area (Å²) in [5, 5.41) is 3.37. The maximum Gasteiger partial charge on any atom is 0.228 e. The Balaban J connectivity index is 2.30. The molecule has 0 amide bonds. The van der Waals surface area contributed by atoms with Crippen LogP contribution in [0.25, 0.3) is 0 Å². The molecule has 0 fully saturated rings. The van der Waals surface area contributed by atoms with E-state index in [0.717, 1.165) is 24.0 Å². The minimum atomic E-state index is 0.328. The zero-order valence-electron chi connectivity index (χ0n) is 14.2. The predicted molar refractivity (Wildman–Crippen MR) is 93.3 cm³/mol. The van der Waals surface area contributed by atoms with Crippen LogP contribution in [0.4, 0.5) is 11.8 Å². The summed E-state index contributed by atoms with van der Waals surface area (Å²) in [5.74, 6) is 1.67. The third kappa shape index (κ3) is 4.45. The Labute approximate surface area is 133 Å². The Morgan fingerprint density at radius 3 is 2.32 bits per heavy atom. The molecule has 0 aliphatic carbocycles. The Kier molecular flexibility index (Phi) is 5.36.